The van der Waals surface area contributed by atoms with Gasteiger partial charge in [0.15, 0.2) is 0 Å². The molecule has 4 aromatic rings. The molecule has 13 atom stereocenters. The Balaban J connectivity index is 1.23. The SMILES string of the molecule is CC[C@H](C)[C@@H]([C@@H](CC(=O)N1CCC[C@H]1[C@H](OC)[C@@H](C)C(=O)N[C@H](C)[C@@H](O)c1ccccc1)OC)N(C)C(=O)[C@@H](NC(=O)[C@H](C(C)C)N(C)C(=O)OCc1ccc(NC(=O)[C@H](CCN)NC(=O)[C@H](Cc2cccc3ccccc23)NC(=O)[C@H](CCC(=O)OC)NC(=O)CN=[N+]=[N-])cc1)C(C)C. The molecule has 0 radical (unpaired) electrons. The monoisotopic (exact) mass is 1390 g/mol. The van der Waals surface area contributed by atoms with Gasteiger partial charge < -0.3 is 71.5 Å². The molecule has 0 bridgehead atoms. The second-order valence-electron chi connectivity index (χ2n) is 26.2. The van der Waals surface area contributed by atoms with Crippen molar-refractivity contribution in [2.45, 2.75) is 180 Å². The van der Waals surface area contributed by atoms with E-state index < -0.39 is 138 Å². The fourth-order valence-corrected chi connectivity index (χ4v) is 12.7. The zero-order chi connectivity index (χ0) is 73.9. The zero-order valence-electron chi connectivity index (χ0n) is 59.8. The van der Waals surface area contributed by atoms with Crippen molar-refractivity contribution in [3.8, 4) is 0 Å². The number of ether oxygens (including phenoxy) is 4. The van der Waals surface area contributed by atoms with Crippen LogP contribution in [0.4, 0.5) is 10.5 Å². The highest BCUT2D eigenvalue weighted by Gasteiger charge is 2.44. The number of benzene rings is 4. The smallest absolute Gasteiger partial charge is 0.410 e. The maximum absolute atomic E-state index is 14.9. The molecule has 0 spiro atoms. The van der Waals surface area contributed by atoms with E-state index in [-0.39, 0.29) is 63.0 Å². The highest BCUT2D eigenvalue weighted by molar-refractivity contribution is 5.99. The number of likely N-dealkylation sites (tertiary alicyclic amines) is 1. The van der Waals surface area contributed by atoms with Gasteiger partial charge in [-0.25, -0.2) is 4.79 Å². The predicted molar refractivity (Wildman–Crippen MR) is 376 cm³/mol. The van der Waals surface area contributed by atoms with Gasteiger partial charge in [0.1, 0.15) is 43.4 Å². The number of carbonyl (C=O) groups is 10. The maximum atomic E-state index is 14.9. The second kappa shape index (κ2) is 40.1. The van der Waals surface area contributed by atoms with Crippen molar-refractivity contribution in [1.29, 1.82) is 0 Å². The number of esters is 1. The molecule has 0 unspecified atom stereocenters. The molecule has 9 N–H and O–H groups in total. The number of hydrogen-bond acceptors (Lipinski definition) is 17. The molecule has 0 aliphatic carbocycles. The highest BCUT2D eigenvalue weighted by atomic mass is 16.6. The van der Waals surface area contributed by atoms with Crippen molar-refractivity contribution in [1.82, 2.24) is 41.3 Å². The normalized spacial score (nSPS) is 16.4. The number of hydrogen-bond donors (Lipinski definition) is 8. The number of amides is 9. The van der Waals surface area contributed by atoms with E-state index >= 15 is 0 Å². The minimum atomic E-state index is -1.37. The quantitative estimate of drug-likeness (QED) is 0.0111. The van der Waals surface area contributed by atoms with Crippen molar-refractivity contribution in [3.63, 3.8) is 0 Å². The summed E-state index contributed by atoms with van der Waals surface area (Å²) in [5.41, 5.74) is 16.9. The van der Waals surface area contributed by atoms with Crippen molar-refractivity contribution in [2.75, 3.05) is 60.4 Å². The molecule has 4 aromatic carbocycles. The first-order chi connectivity index (χ1) is 47.6. The Morgan fingerprint density at radius 1 is 0.720 bits per heavy atom. The number of nitrogens with two attached hydrogens (primary N) is 1. The van der Waals surface area contributed by atoms with Crippen LogP contribution in [0.1, 0.15) is 123 Å². The van der Waals surface area contributed by atoms with Crippen molar-refractivity contribution in [2.24, 2.45) is 34.5 Å². The average Bonchev–Trinajstić information content (AvgIpc) is 1.23. The maximum Gasteiger partial charge on any atom is 0.410 e. The second-order valence-corrected chi connectivity index (χ2v) is 26.2. The molecule has 1 heterocycles. The molecular formula is C72H103N13O15. The number of methoxy groups -OCH3 is 3. The van der Waals surface area contributed by atoms with Gasteiger partial charge >= 0.3 is 12.1 Å². The summed E-state index contributed by atoms with van der Waals surface area (Å²) in [5, 5.41) is 32.4. The largest absolute Gasteiger partial charge is 0.469 e. The molecule has 0 aromatic heterocycles. The van der Waals surface area contributed by atoms with E-state index in [9.17, 15) is 53.1 Å². The Kier molecular flexibility index (Phi) is 32.7. The molecular weight excluding hydrogens is 1290 g/mol. The Morgan fingerprint density at radius 2 is 1.36 bits per heavy atom. The first-order valence-corrected chi connectivity index (χ1v) is 34.0. The van der Waals surface area contributed by atoms with Gasteiger partial charge in [0, 0.05) is 58.3 Å². The van der Waals surface area contributed by atoms with Gasteiger partial charge in [-0.3, -0.25) is 48.1 Å². The van der Waals surface area contributed by atoms with E-state index in [1.165, 1.54) is 21.3 Å². The highest BCUT2D eigenvalue weighted by Crippen LogP contribution is 2.31. The molecule has 1 fully saturated rings. The minimum Gasteiger partial charge on any atom is -0.469 e. The number of carbonyl (C=O) groups excluding carboxylic acids is 10. The van der Waals surface area contributed by atoms with Crippen LogP contribution in [-0.4, -0.2) is 195 Å². The van der Waals surface area contributed by atoms with Crippen LogP contribution in [0.15, 0.2) is 102 Å². The van der Waals surface area contributed by atoms with E-state index in [0.717, 1.165) is 22.8 Å². The Bertz CT molecular complexity index is 3440. The molecule has 100 heavy (non-hydrogen) atoms. The van der Waals surface area contributed by atoms with Crippen LogP contribution >= 0.6 is 0 Å². The molecule has 28 nitrogen and oxygen atoms in total. The van der Waals surface area contributed by atoms with Gasteiger partial charge in [0.25, 0.3) is 0 Å². The van der Waals surface area contributed by atoms with Crippen molar-refractivity contribution < 1.29 is 72.0 Å². The van der Waals surface area contributed by atoms with Gasteiger partial charge in [0.2, 0.25) is 47.3 Å². The molecule has 5 rings (SSSR count). The third-order valence-corrected chi connectivity index (χ3v) is 18.5. The first-order valence-electron chi connectivity index (χ1n) is 34.0. The Labute approximate surface area is 585 Å². The summed E-state index contributed by atoms with van der Waals surface area (Å²) >= 11 is 0. The topological polar surface area (TPSA) is 385 Å². The summed E-state index contributed by atoms with van der Waals surface area (Å²) in [7, 11) is 7.22. The summed E-state index contributed by atoms with van der Waals surface area (Å²) in [6.45, 7) is 14.0. The van der Waals surface area contributed by atoms with Gasteiger partial charge in [-0.05, 0) is 102 Å². The number of aliphatic hydroxyl groups excluding tert-OH is 1. The van der Waals surface area contributed by atoms with E-state index in [1.807, 2.05) is 62.4 Å². The summed E-state index contributed by atoms with van der Waals surface area (Å²) < 4.78 is 22.5. The number of azide groups is 1. The molecule has 1 aliphatic heterocycles. The van der Waals surface area contributed by atoms with Gasteiger partial charge in [0.05, 0.1) is 55.9 Å². The predicted octanol–water partition coefficient (Wildman–Crippen LogP) is 5.98. The van der Waals surface area contributed by atoms with Crippen LogP contribution in [0.25, 0.3) is 21.2 Å². The van der Waals surface area contributed by atoms with Gasteiger partial charge in [-0.1, -0.05) is 145 Å². The lowest BCUT2D eigenvalue weighted by Crippen LogP contribution is -2.60. The van der Waals surface area contributed by atoms with Gasteiger partial charge in [-0.2, -0.15) is 0 Å². The molecule has 546 valence electrons. The molecule has 9 amide bonds. The van der Waals surface area contributed by atoms with Crippen LogP contribution in [-0.2, 0) is 75.1 Å². The number of nitrogens with one attached hydrogen (secondary N) is 6. The molecule has 0 saturated carbocycles. The van der Waals surface area contributed by atoms with Crippen molar-refractivity contribution in [3.05, 3.63) is 124 Å². The lowest BCUT2D eigenvalue weighted by atomic mass is 9.89. The molecule has 28 heteroatoms. The third kappa shape index (κ3) is 22.9. The van der Waals surface area contributed by atoms with Crippen LogP contribution in [0.3, 0.4) is 0 Å². The van der Waals surface area contributed by atoms with E-state index in [1.54, 1.807) is 107 Å². The zero-order valence-corrected chi connectivity index (χ0v) is 59.8. The van der Waals surface area contributed by atoms with Crippen LogP contribution in [0.2, 0.25) is 0 Å². The minimum absolute atomic E-state index is 0.0314. The van der Waals surface area contributed by atoms with Crippen LogP contribution in [0.5, 0.6) is 0 Å². The Hall–Kier alpha value is -9.21. The average molecular weight is 1390 g/mol. The lowest BCUT2D eigenvalue weighted by molar-refractivity contribution is -0.148. The summed E-state index contributed by atoms with van der Waals surface area (Å²) in [6, 6.07) is 20.4. The molecule has 1 saturated heterocycles. The fourth-order valence-electron chi connectivity index (χ4n) is 12.7. The van der Waals surface area contributed by atoms with E-state index in [2.05, 4.69) is 41.9 Å². The standard InChI is InChI=1S/C72H103N13O15/c1-14-44(6)63(57(97-11)39-59(87)85-37-21-28-56(85)65(99-13)45(7)66(90)76-46(8)64(89)49-23-16-15-17-24-49)83(9)71(95)61(42(2)3)81-70(94)62(43(4)5)84(10)72(96)100-41-47-29-31-51(32-30-47)77-67(91)54(35-36-73)79-69(93)55(38-50-26-20-25-48-22-18-19-27-52(48)50)80-68(92)53(33-34-60(88)98-12)78-58(86)40-75-82-74/h15-20,22-27,29-32,42-46,53-57,61-65,89H,14,21,28,33-41,73H2,1-13H3,(H,76,90)(H,77,91)(H,78,86)(H,79,93)(H,80,92)(H,81,94)/t44-,45+,46+,53-,54-,55-,56-,57+,61-,62-,63-,64+,65+/m0/s1. The lowest BCUT2D eigenvalue weighted by Gasteiger charge is -2.41. The number of aliphatic hydroxyl groups is 1. The third-order valence-electron chi connectivity index (χ3n) is 18.5. The molecule has 1 aliphatic rings. The van der Waals surface area contributed by atoms with Crippen molar-refractivity contribution >= 4 is 75.8 Å². The van der Waals surface area contributed by atoms with E-state index in [0.29, 0.717) is 48.2 Å². The number of anilines is 1. The van der Waals surface area contributed by atoms with Crippen LogP contribution < -0.4 is 37.6 Å². The number of nitrogens with zero attached hydrogens (tertiary/aromatic N) is 6. The number of fused-ring (bicyclic) bond motifs is 1. The summed E-state index contributed by atoms with van der Waals surface area (Å²) in [5.74, 6) is -7.15. The summed E-state index contributed by atoms with van der Waals surface area (Å²) in [6.07, 6.45) is -2.11. The fraction of sp³-hybridized carbons (Fsp3) is 0.556. The Morgan fingerprint density at radius 3 is 1.98 bits per heavy atom. The van der Waals surface area contributed by atoms with Crippen LogP contribution in [0, 0.1) is 23.7 Å². The summed E-state index contributed by atoms with van der Waals surface area (Å²) in [4.78, 5) is 146. The van der Waals surface area contributed by atoms with E-state index in [4.69, 9.17) is 30.2 Å². The number of likely N-dealkylation sites (N-methyl/N-ethyl adjacent to an activating group) is 2. The van der Waals surface area contributed by atoms with Gasteiger partial charge in [-0.15, -0.1) is 0 Å². The first kappa shape index (κ1) is 81.5. The number of rotatable bonds is 38.